The van der Waals surface area contributed by atoms with Gasteiger partial charge in [0.2, 0.25) is 5.91 Å². The van der Waals surface area contributed by atoms with Crippen molar-refractivity contribution >= 4 is 34.9 Å². The smallest absolute Gasteiger partial charge is 0.250 e. The average Bonchev–Trinajstić information content (AvgIpc) is 3.39. The number of aliphatic hydroxyl groups is 1. The number of aromatic nitrogens is 2. The van der Waals surface area contributed by atoms with Gasteiger partial charge in [-0.3, -0.25) is 19.8 Å². The van der Waals surface area contributed by atoms with Crippen molar-refractivity contribution in [2.24, 2.45) is 5.92 Å². The van der Waals surface area contributed by atoms with Crippen molar-refractivity contribution in [1.82, 2.24) is 19.6 Å². The number of benzene rings is 1. The molecule has 3 aromatic rings. The van der Waals surface area contributed by atoms with Crippen LogP contribution in [0.15, 0.2) is 60.2 Å². The van der Waals surface area contributed by atoms with Crippen LogP contribution in [0.3, 0.4) is 0 Å². The fourth-order valence-corrected chi connectivity index (χ4v) is 4.86. The van der Waals surface area contributed by atoms with Gasteiger partial charge in [-0.15, -0.1) is 0 Å². The third-order valence-corrected chi connectivity index (χ3v) is 6.74. The van der Waals surface area contributed by atoms with Crippen LogP contribution in [0.5, 0.6) is 0 Å². The number of likely N-dealkylation sites (N-methyl/N-ethyl adjacent to an activating group) is 1. The first-order valence-corrected chi connectivity index (χ1v) is 11.9. The first-order valence-electron chi connectivity index (χ1n) is 11.1. The Hall–Kier alpha value is -3.34. The molecule has 10 heteroatoms. The Morgan fingerprint density at radius 1 is 1.32 bits per heavy atom. The molecular weight excluding hydrogens is 452 g/mol. The molecule has 2 amide bonds. The van der Waals surface area contributed by atoms with E-state index >= 15 is 0 Å². The zero-order chi connectivity index (χ0) is 24.2. The van der Waals surface area contributed by atoms with Gasteiger partial charge in [-0.25, -0.2) is 4.98 Å². The Morgan fingerprint density at radius 3 is 2.74 bits per heavy atom. The molecule has 4 atom stereocenters. The molecule has 1 unspecified atom stereocenters. The normalized spacial score (nSPS) is 19.4. The summed E-state index contributed by atoms with van der Waals surface area (Å²) < 4.78 is 4.06. The fourth-order valence-electron chi connectivity index (χ4n) is 4.30. The van der Waals surface area contributed by atoms with Crippen molar-refractivity contribution < 1.29 is 14.7 Å². The van der Waals surface area contributed by atoms with E-state index in [1.165, 1.54) is 21.3 Å². The Bertz CT molecular complexity index is 1130. The van der Waals surface area contributed by atoms with E-state index in [4.69, 9.17) is 5.73 Å². The molecule has 0 bridgehead atoms. The number of nitrogens with one attached hydrogen (secondary N) is 1. The van der Waals surface area contributed by atoms with Crippen LogP contribution in [-0.4, -0.2) is 50.6 Å². The molecule has 1 aliphatic heterocycles. The number of nitrogens with zero attached hydrogens (tertiary/aromatic N) is 4. The summed E-state index contributed by atoms with van der Waals surface area (Å²) in [6, 6.07) is 12.1. The monoisotopic (exact) mass is 480 g/mol. The van der Waals surface area contributed by atoms with Gasteiger partial charge in [-0.2, -0.15) is 4.37 Å². The van der Waals surface area contributed by atoms with Crippen LogP contribution in [0.2, 0.25) is 0 Å². The average molecular weight is 481 g/mol. The van der Waals surface area contributed by atoms with Gasteiger partial charge in [-0.1, -0.05) is 37.3 Å². The Balaban J connectivity index is 1.58. The minimum Gasteiger partial charge on any atom is -0.384 e. The molecule has 4 N–H and O–H groups in total. The highest BCUT2D eigenvalue weighted by Gasteiger charge is 2.54. The number of nitrogen functional groups attached to an aromatic ring is 1. The summed E-state index contributed by atoms with van der Waals surface area (Å²) in [5.41, 5.74) is 8.23. The van der Waals surface area contributed by atoms with Crippen LogP contribution in [0.1, 0.15) is 30.5 Å². The summed E-state index contributed by atoms with van der Waals surface area (Å²) in [6.45, 7) is 1.99. The molecule has 0 spiro atoms. The summed E-state index contributed by atoms with van der Waals surface area (Å²) in [4.78, 5) is 33.4. The van der Waals surface area contributed by atoms with E-state index < -0.39 is 18.3 Å². The van der Waals surface area contributed by atoms with E-state index in [0.717, 1.165) is 11.1 Å². The molecule has 178 valence electrons. The lowest BCUT2D eigenvalue weighted by atomic mass is 9.81. The molecule has 1 saturated heterocycles. The van der Waals surface area contributed by atoms with E-state index in [-0.39, 0.29) is 17.9 Å². The van der Waals surface area contributed by atoms with E-state index in [1.807, 2.05) is 37.3 Å². The lowest BCUT2D eigenvalue weighted by molar-refractivity contribution is -0.183. The zero-order valence-corrected chi connectivity index (χ0v) is 19.9. The molecule has 1 fully saturated rings. The van der Waals surface area contributed by atoms with Crippen LogP contribution >= 0.6 is 11.5 Å². The molecule has 1 aliphatic rings. The van der Waals surface area contributed by atoms with Gasteiger partial charge in [-0.05, 0) is 47.6 Å². The van der Waals surface area contributed by atoms with Crippen LogP contribution in [0, 0.1) is 5.92 Å². The molecule has 1 aromatic carbocycles. The van der Waals surface area contributed by atoms with Crippen molar-refractivity contribution in [3.8, 4) is 0 Å². The maximum absolute atomic E-state index is 13.5. The number of anilines is 2. The lowest BCUT2D eigenvalue weighted by Gasteiger charge is -2.49. The second-order valence-electron chi connectivity index (χ2n) is 8.28. The van der Waals surface area contributed by atoms with Crippen molar-refractivity contribution in [3.63, 3.8) is 0 Å². The molecule has 0 radical (unpaired) electrons. The third kappa shape index (κ3) is 4.79. The Morgan fingerprint density at radius 2 is 2.09 bits per heavy atom. The minimum atomic E-state index is -1.32. The Labute approximate surface area is 202 Å². The van der Waals surface area contributed by atoms with Crippen molar-refractivity contribution in [2.75, 3.05) is 17.7 Å². The third-order valence-electron chi connectivity index (χ3n) is 6.17. The van der Waals surface area contributed by atoms with Crippen molar-refractivity contribution in [1.29, 1.82) is 0 Å². The summed E-state index contributed by atoms with van der Waals surface area (Å²) in [5, 5.41) is 15.9. The number of aliphatic hydroxyl groups excluding tert-OH is 1. The Kier molecular flexibility index (Phi) is 7.20. The van der Waals surface area contributed by atoms with Crippen LogP contribution in [0.25, 0.3) is 0 Å². The lowest BCUT2D eigenvalue weighted by Crippen LogP contribution is -2.72. The number of likely N-dealkylation sites (tertiary alicyclic amines) is 1. The number of amides is 2. The van der Waals surface area contributed by atoms with Crippen molar-refractivity contribution in [3.05, 3.63) is 71.4 Å². The van der Waals surface area contributed by atoms with E-state index in [1.54, 1.807) is 37.0 Å². The molecule has 0 saturated carbocycles. The molecule has 2 aromatic heterocycles. The largest absolute Gasteiger partial charge is 0.384 e. The summed E-state index contributed by atoms with van der Waals surface area (Å²) in [5.74, 6) is -0.869. The van der Waals surface area contributed by atoms with Gasteiger partial charge in [0.05, 0.1) is 17.8 Å². The summed E-state index contributed by atoms with van der Waals surface area (Å²) in [7, 11) is 1.65. The number of nitrogens with two attached hydrogens (primary N) is 1. The maximum atomic E-state index is 13.5. The molecule has 9 nitrogen and oxygen atoms in total. The first-order chi connectivity index (χ1) is 16.4. The second-order valence-corrected chi connectivity index (χ2v) is 8.94. The number of carbonyl (C=O) groups excluding carboxylic acids is 2. The van der Waals surface area contributed by atoms with Gasteiger partial charge >= 0.3 is 0 Å². The predicted octanol–water partition coefficient (Wildman–Crippen LogP) is 2.17. The highest BCUT2D eigenvalue weighted by Crippen LogP contribution is 2.34. The van der Waals surface area contributed by atoms with E-state index in [0.29, 0.717) is 24.3 Å². The number of carbonyl (C=O) groups is 2. The SMILES string of the molecule is CC[C@@H](NC(O)N1C(=O)[C@H](Cc2ccnc(N)c2)[C@H]1C(=O)N(C)c1cnsc1)c1ccccc1. The fraction of sp³-hybridized carbons (Fsp3) is 0.333. The van der Waals surface area contributed by atoms with Crippen molar-refractivity contribution in [2.45, 2.75) is 38.2 Å². The zero-order valence-electron chi connectivity index (χ0n) is 19.0. The summed E-state index contributed by atoms with van der Waals surface area (Å²) in [6.07, 6.45) is 2.87. The number of pyridine rings is 1. The van der Waals surface area contributed by atoms with Crippen LogP contribution in [0.4, 0.5) is 11.5 Å². The highest BCUT2D eigenvalue weighted by molar-refractivity contribution is 7.04. The van der Waals surface area contributed by atoms with Gasteiger partial charge in [0, 0.05) is 24.7 Å². The minimum absolute atomic E-state index is 0.183. The van der Waals surface area contributed by atoms with Gasteiger partial charge in [0.15, 0.2) is 6.35 Å². The number of β-lactam (4-membered cyclic amide) rings is 1. The second kappa shape index (κ2) is 10.3. The highest BCUT2D eigenvalue weighted by atomic mass is 32.1. The quantitative estimate of drug-likeness (QED) is 0.317. The van der Waals surface area contributed by atoms with Gasteiger partial charge < -0.3 is 15.7 Å². The number of hydrogen-bond acceptors (Lipinski definition) is 8. The topological polar surface area (TPSA) is 125 Å². The van der Waals surface area contributed by atoms with Crippen LogP contribution in [-0.2, 0) is 16.0 Å². The number of rotatable bonds is 9. The maximum Gasteiger partial charge on any atom is 0.250 e. The molecule has 0 aliphatic carbocycles. The standard InChI is InChI=1S/C24H28N6O3S/c1-3-19(16-7-5-4-6-8-16)28-24(33)30-21(23(32)29(2)17-13-27-34-14-17)18(22(30)31)11-15-9-10-26-20(25)12-15/h4-10,12-14,18-19,21,24,28,33H,3,11H2,1-2H3,(H2,25,26)/t18-,19-,21+,24?/m1/s1. The van der Waals surface area contributed by atoms with E-state index in [9.17, 15) is 14.7 Å². The molecule has 34 heavy (non-hydrogen) atoms. The molecular formula is C24H28N6O3S. The molecule has 4 rings (SSSR count). The first kappa shape index (κ1) is 23.8. The van der Waals surface area contributed by atoms with Crippen LogP contribution < -0.4 is 16.0 Å². The number of hydrogen-bond donors (Lipinski definition) is 3. The van der Waals surface area contributed by atoms with E-state index in [2.05, 4.69) is 14.7 Å². The van der Waals surface area contributed by atoms with Gasteiger partial charge in [0.1, 0.15) is 11.9 Å². The predicted molar refractivity (Wildman–Crippen MR) is 131 cm³/mol. The summed E-state index contributed by atoms with van der Waals surface area (Å²) >= 11 is 1.24. The van der Waals surface area contributed by atoms with Gasteiger partial charge in [0.25, 0.3) is 5.91 Å². The molecule has 3 heterocycles.